The highest BCUT2D eigenvalue weighted by Crippen LogP contribution is 2.49. The van der Waals surface area contributed by atoms with Gasteiger partial charge in [-0.25, -0.2) is 4.79 Å². The van der Waals surface area contributed by atoms with Crippen LogP contribution in [0.15, 0.2) is 66.7 Å². The average molecular weight is 414 g/mol. The number of anilines is 2. The number of benzene rings is 3. The Hall–Kier alpha value is -3.40. The molecule has 0 aromatic heterocycles. The van der Waals surface area contributed by atoms with E-state index in [1.807, 2.05) is 38.1 Å². The predicted molar refractivity (Wildman–Crippen MR) is 123 cm³/mol. The maximum Gasteiger partial charge on any atom is 0.335 e. The van der Waals surface area contributed by atoms with Crippen molar-refractivity contribution in [1.82, 2.24) is 0 Å². The summed E-state index contributed by atoms with van der Waals surface area (Å²) in [4.78, 5) is 27.1. The number of carboxylic acids is 1. The molecule has 158 valence electrons. The second-order valence-corrected chi connectivity index (χ2v) is 9.47. The molecule has 1 atom stereocenters. The van der Waals surface area contributed by atoms with Crippen LogP contribution in [0.25, 0.3) is 0 Å². The lowest BCUT2D eigenvalue weighted by Gasteiger charge is -2.27. The van der Waals surface area contributed by atoms with Crippen molar-refractivity contribution >= 4 is 23.3 Å². The highest BCUT2D eigenvalue weighted by atomic mass is 16.4. The third kappa shape index (κ3) is 3.32. The molecule has 0 radical (unpaired) electrons. The standard InChI is InChI=1S/C27H27NO3/c1-17-9-14-23-22(15-17)27(5,20-12-10-19(11-13-20)26(2,3)4)25(31)28(23)21-8-6-7-18(16-21)24(29)30/h6-16H,1-5H3,(H,29,30). The summed E-state index contributed by atoms with van der Waals surface area (Å²) in [5, 5.41) is 9.42. The van der Waals surface area contributed by atoms with E-state index in [-0.39, 0.29) is 16.9 Å². The summed E-state index contributed by atoms with van der Waals surface area (Å²) in [6.45, 7) is 10.5. The fraction of sp³-hybridized carbons (Fsp3) is 0.259. The van der Waals surface area contributed by atoms with Gasteiger partial charge in [-0.15, -0.1) is 0 Å². The van der Waals surface area contributed by atoms with Gasteiger partial charge in [0.05, 0.1) is 16.7 Å². The summed E-state index contributed by atoms with van der Waals surface area (Å²) < 4.78 is 0. The van der Waals surface area contributed by atoms with E-state index in [0.717, 1.165) is 22.4 Å². The van der Waals surface area contributed by atoms with Gasteiger partial charge in [0.15, 0.2) is 0 Å². The number of carbonyl (C=O) groups excluding carboxylic acids is 1. The maximum atomic E-state index is 13.9. The van der Waals surface area contributed by atoms with Crippen LogP contribution in [0.4, 0.5) is 11.4 Å². The molecule has 1 heterocycles. The van der Waals surface area contributed by atoms with Gasteiger partial charge in [0.2, 0.25) is 5.91 Å². The summed E-state index contributed by atoms with van der Waals surface area (Å²) in [7, 11) is 0. The summed E-state index contributed by atoms with van der Waals surface area (Å²) in [6, 6.07) is 20.8. The highest BCUT2D eigenvalue weighted by molar-refractivity contribution is 6.15. The Bertz CT molecular complexity index is 1190. The smallest absolute Gasteiger partial charge is 0.335 e. The van der Waals surface area contributed by atoms with Crippen molar-refractivity contribution in [3.63, 3.8) is 0 Å². The van der Waals surface area contributed by atoms with Crippen molar-refractivity contribution in [2.75, 3.05) is 4.90 Å². The van der Waals surface area contributed by atoms with Crippen molar-refractivity contribution in [2.24, 2.45) is 0 Å². The number of amides is 1. The van der Waals surface area contributed by atoms with Gasteiger partial charge in [-0.1, -0.05) is 68.8 Å². The lowest BCUT2D eigenvalue weighted by Crippen LogP contribution is -2.37. The van der Waals surface area contributed by atoms with Crippen LogP contribution in [0.1, 0.15) is 60.3 Å². The van der Waals surface area contributed by atoms with Crippen molar-refractivity contribution in [2.45, 2.75) is 45.4 Å². The average Bonchev–Trinajstić information content (AvgIpc) is 2.95. The molecule has 4 nitrogen and oxygen atoms in total. The minimum atomic E-state index is -1.02. The summed E-state index contributed by atoms with van der Waals surface area (Å²) in [5.41, 5.74) is 4.81. The molecule has 1 unspecified atom stereocenters. The van der Waals surface area contributed by atoms with Crippen LogP contribution in [0.2, 0.25) is 0 Å². The van der Waals surface area contributed by atoms with E-state index in [1.54, 1.807) is 23.1 Å². The normalized spacial score (nSPS) is 18.2. The molecule has 31 heavy (non-hydrogen) atoms. The molecule has 3 aromatic carbocycles. The quantitative estimate of drug-likeness (QED) is 0.575. The second-order valence-electron chi connectivity index (χ2n) is 9.47. The Kier molecular flexibility index (Phi) is 4.77. The van der Waals surface area contributed by atoms with E-state index < -0.39 is 11.4 Å². The number of nitrogens with zero attached hydrogens (tertiary/aromatic N) is 1. The fourth-order valence-corrected chi connectivity index (χ4v) is 4.31. The lowest BCUT2D eigenvalue weighted by molar-refractivity contribution is -0.120. The molecule has 0 saturated carbocycles. The maximum absolute atomic E-state index is 13.9. The van der Waals surface area contributed by atoms with Crippen LogP contribution in [-0.2, 0) is 15.6 Å². The molecule has 4 rings (SSSR count). The van der Waals surface area contributed by atoms with E-state index in [4.69, 9.17) is 0 Å². The van der Waals surface area contributed by atoms with E-state index in [9.17, 15) is 14.7 Å². The molecule has 3 aromatic rings. The zero-order valence-electron chi connectivity index (χ0n) is 18.6. The molecule has 0 saturated heterocycles. The summed E-state index contributed by atoms with van der Waals surface area (Å²) >= 11 is 0. The Labute approximate surface area is 183 Å². The number of hydrogen-bond acceptors (Lipinski definition) is 2. The largest absolute Gasteiger partial charge is 0.478 e. The molecule has 1 amide bonds. The number of rotatable bonds is 3. The number of carboxylic acid groups (broad SMARTS) is 1. The van der Waals surface area contributed by atoms with Gasteiger partial charge in [0.25, 0.3) is 0 Å². The zero-order chi connectivity index (χ0) is 22.6. The summed E-state index contributed by atoms with van der Waals surface area (Å²) in [6.07, 6.45) is 0. The molecule has 0 aliphatic carbocycles. The molecule has 1 aliphatic heterocycles. The minimum Gasteiger partial charge on any atom is -0.478 e. The van der Waals surface area contributed by atoms with Crippen molar-refractivity contribution < 1.29 is 14.7 Å². The van der Waals surface area contributed by atoms with E-state index >= 15 is 0 Å². The van der Waals surface area contributed by atoms with Crippen LogP contribution >= 0.6 is 0 Å². The first-order chi connectivity index (χ1) is 14.5. The molecule has 0 bridgehead atoms. The topological polar surface area (TPSA) is 57.6 Å². The second kappa shape index (κ2) is 7.09. The first kappa shape index (κ1) is 20.9. The van der Waals surface area contributed by atoms with Crippen molar-refractivity contribution in [3.05, 3.63) is 94.5 Å². The number of carbonyl (C=O) groups is 2. The Morgan fingerprint density at radius 3 is 2.26 bits per heavy atom. The highest BCUT2D eigenvalue weighted by Gasteiger charge is 2.49. The van der Waals surface area contributed by atoms with Gasteiger partial charge in [-0.2, -0.15) is 0 Å². The first-order valence-electron chi connectivity index (χ1n) is 10.4. The van der Waals surface area contributed by atoms with Crippen LogP contribution in [0.3, 0.4) is 0 Å². The van der Waals surface area contributed by atoms with Crippen LogP contribution in [0, 0.1) is 6.92 Å². The van der Waals surface area contributed by atoms with Gasteiger partial charge in [0, 0.05) is 5.69 Å². The van der Waals surface area contributed by atoms with Crippen molar-refractivity contribution in [3.8, 4) is 0 Å². The van der Waals surface area contributed by atoms with Crippen molar-refractivity contribution in [1.29, 1.82) is 0 Å². The van der Waals surface area contributed by atoms with Gasteiger partial charge >= 0.3 is 5.97 Å². The Morgan fingerprint density at radius 1 is 0.968 bits per heavy atom. The van der Waals surface area contributed by atoms with Gasteiger partial charge < -0.3 is 5.11 Å². The van der Waals surface area contributed by atoms with Crippen LogP contribution in [-0.4, -0.2) is 17.0 Å². The molecular weight excluding hydrogens is 386 g/mol. The number of aryl methyl sites for hydroxylation is 1. The number of hydrogen-bond donors (Lipinski definition) is 1. The molecule has 1 N–H and O–H groups in total. The minimum absolute atomic E-state index is 0.0247. The third-order valence-electron chi connectivity index (χ3n) is 6.24. The van der Waals surface area contributed by atoms with E-state index in [0.29, 0.717) is 5.69 Å². The van der Waals surface area contributed by atoms with Gasteiger partial charge in [0.1, 0.15) is 0 Å². The monoisotopic (exact) mass is 413 g/mol. The van der Waals surface area contributed by atoms with Gasteiger partial charge in [-0.3, -0.25) is 9.69 Å². The Balaban J connectivity index is 1.89. The number of fused-ring (bicyclic) bond motifs is 1. The Morgan fingerprint density at radius 2 is 1.65 bits per heavy atom. The van der Waals surface area contributed by atoms with E-state index in [2.05, 4.69) is 39.0 Å². The number of aromatic carboxylic acids is 1. The zero-order valence-corrected chi connectivity index (χ0v) is 18.6. The fourth-order valence-electron chi connectivity index (χ4n) is 4.31. The first-order valence-corrected chi connectivity index (χ1v) is 10.4. The summed E-state index contributed by atoms with van der Waals surface area (Å²) in [5.74, 6) is -1.10. The van der Waals surface area contributed by atoms with E-state index in [1.165, 1.54) is 11.6 Å². The third-order valence-corrected chi connectivity index (χ3v) is 6.24. The lowest BCUT2D eigenvalue weighted by atomic mass is 9.75. The molecule has 4 heteroatoms. The molecule has 1 aliphatic rings. The van der Waals surface area contributed by atoms with Gasteiger partial charge in [-0.05, 0) is 60.2 Å². The molecule has 0 fully saturated rings. The van der Waals surface area contributed by atoms with Crippen LogP contribution in [0.5, 0.6) is 0 Å². The molecule has 0 spiro atoms. The predicted octanol–water partition coefficient (Wildman–Crippen LogP) is 5.98. The van der Waals surface area contributed by atoms with Crippen LogP contribution < -0.4 is 4.90 Å². The molecular formula is C27H27NO3. The SMILES string of the molecule is Cc1ccc2c(c1)C(C)(c1ccc(C(C)(C)C)cc1)C(=O)N2c1cccc(C(=O)O)c1.